The molecule has 4 nitrogen and oxygen atoms in total. The number of nitrogens with zero attached hydrogens (tertiary/aromatic N) is 1. The van der Waals surface area contributed by atoms with Gasteiger partial charge in [0.15, 0.2) is 0 Å². The second-order valence-corrected chi connectivity index (χ2v) is 5.27. The van der Waals surface area contributed by atoms with E-state index in [2.05, 4.69) is 6.08 Å². The number of hydrogen-bond acceptors (Lipinski definition) is 3. The van der Waals surface area contributed by atoms with Gasteiger partial charge in [0.1, 0.15) is 5.92 Å². The summed E-state index contributed by atoms with van der Waals surface area (Å²) in [6.07, 6.45) is 4.85. The number of amides is 1. The molecule has 0 saturated carbocycles. The van der Waals surface area contributed by atoms with Gasteiger partial charge >= 0.3 is 5.97 Å². The number of hydrogen-bond donors (Lipinski definition) is 0. The Balaban J connectivity index is 1.85. The highest BCUT2D eigenvalue weighted by molar-refractivity contribution is 6.00. The van der Waals surface area contributed by atoms with Crippen LogP contribution < -0.4 is 0 Å². The molecule has 104 valence electrons. The van der Waals surface area contributed by atoms with Gasteiger partial charge in [0.2, 0.25) is 5.91 Å². The number of rotatable bonds is 3. The first-order valence-electron chi connectivity index (χ1n) is 6.81. The molecule has 1 unspecified atom stereocenters. The summed E-state index contributed by atoms with van der Waals surface area (Å²) in [7, 11) is 1.34. The Labute approximate surface area is 118 Å². The topological polar surface area (TPSA) is 46.6 Å². The number of allylic oxidation sites excluding steroid dienone is 1. The maximum atomic E-state index is 12.5. The fourth-order valence-corrected chi connectivity index (χ4v) is 3.20. The largest absolute Gasteiger partial charge is 0.468 e. The van der Waals surface area contributed by atoms with E-state index in [4.69, 9.17) is 4.74 Å². The highest BCUT2D eigenvalue weighted by atomic mass is 16.5. The van der Waals surface area contributed by atoms with Crippen molar-refractivity contribution in [1.82, 2.24) is 4.90 Å². The minimum absolute atomic E-state index is 0.0202. The van der Waals surface area contributed by atoms with E-state index < -0.39 is 11.9 Å². The van der Waals surface area contributed by atoms with Crippen molar-refractivity contribution < 1.29 is 14.3 Å². The molecule has 1 aromatic rings. The molecule has 1 saturated heterocycles. The Bertz CT molecular complexity index is 552. The zero-order valence-corrected chi connectivity index (χ0v) is 11.4. The van der Waals surface area contributed by atoms with E-state index >= 15 is 0 Å². The molecular weight excluding hydrogens is 254 g/mol. The van der Waals surface area contributed by atoms with Gasteiger partial charge in [-0.25, -0.2) is 0 Å². The van der Waals surface area contributed by atoms with E-state index in [1.807, 2.05) is 36.4 Å². The van der Waals surface area contributed by atoms with Crippen LogP contribution in [0.25, 0.3) is 0 Å². The van der Waals surface area contributed by atoms with E-state index in [0.717, 1.165) is 12.0 Å². The van der Waals surface area contributed by atoms with Crippen LogP contribution in [0.2, 0.25) is 0 Å². The minimum Gasteiger partial charge on any atom is -0.468 e. The average molecular weight is 271 g/mol. The van der Waals surface area contributed by atoms with Crippen LogP contribution in [0, 0.1) is 11.8 Å². The van der Waals surface area contributed by atoms with Crippen LogP contribution in [0.3, 0.4) is 0 Å². The van der Waals surface area contributed by atoms with Crippen molar-refractivity contribution in [2.45, 2.75) is 19.0 Å². The third-order valence-electron chi connectivity index (χ3n) is 4.17. The van der Waals surface area contributed by atoms with E-state index in [-0.39, 0.29) is 17.9 Å². The molecule has 1 aliphatic carbocycles. The number of carbonyl (C=O) groups is 2. The average Bonchev–Trinajstić information content (AvgIpc) is 3.02. The van der Waals surface area contributed by atoms with Gasteiger partial charge in [-0.05, 0) is 12.0 Å². The molecule has 1 heterocycles. The molecule has 2 aliphatic rings. The summed E-state index contributed by atoms with van der Waals surface area (Å²) in [4.78, 5) is 26.2. The highest BCUT2D eigenvalue weighted by Gasteiger charge is 2.51. The molecule has 1 fully saturated rings. The van der Waals surface area contributed by atoms with Crippen molar-refractivity contribution >= 4 is 11.9 Å². The van der Waals surface area contributed by atoms with E-state index in [9.17, 15) is 9.59 Å². The third-order valence-corrected chi connectivity index (χ3v) is 4.17. The molecule has 1 amide bonds. The van der Waals surface area contributed by atoms with Crippen molar-refractivity contribution in [2.24, 2.45) is 11.8 Å². The molecular formula is C16H17NO3. The summed E-state index contributed by atoms with van der Waals surface area (Å²) in [6.45, 7) is 0.540. The van der Waals surface area contributed by atoms with Crippen LogP contribution in [-0.2, 0) is 20.9 Å². The first-order chi connectivity index (χ1) is 9.72. The fourth-order valence-electron chi connectivity index (χ4n) is 3.20. The zero-order chi connectivity index (χ0) is 14.1. The molecule has 3 atom stereocenters. The summed E-state index contributed by atoms with van der Waals surface area (Å²) in [5, 5.41) is 0. The lowest BCUT2D eigenvalue weighted by atomic mass is 9.91. The predicted molar refractivity (Wildman–Crippen MR) is 73.5 cm³/mol. The third kappa shape index (κ3) is 2.01. The van der Waals surface area contributed by atoms with Crippen molar-refractivity contribution in [2.75, 3.05) is 7.11 Å². The van der Waals surface area contributed by atoms with Gasteiger partial charge in [0.05, 0.1) is 13.2 Å². The Hall–Kier alpha value is -2.10. The minimum atomic E-state index is -0.649. The van der Waals surface area contributed by atoms with Crippen LogP contribution in [-0.4, -0.2) is 29.9 Å². The molecule has 0 spiro atoms. The maximum Gasteiger partial charge on any atom is 0.318 e. The quantitative estimate of drug-likeness (QED) is 0.478. The Kier molecular flexibility index (Phi) is 3.30. The van der Waals surface area contributed by atoms with Gasteiger partial charge in [-0.15, -0.1) is 0 Å². The Morgan fingerprint density at radius 1 is 1.35 bits per heavy atom. The smallest absolute Gasteiger partial charge is 0.318 e. The van der Waals surface area contributed by atoms with Gasteiger partial charge in [-0.1, -0.05) is 42.5 Å². The summed E-state index contributed by atoms with van der Waals surface area (Å²) in [6, 6.07) is 9.86. The van der Waals surface area contributed by atoms with E-state index in [0.29, 0.717) is 6.54 Å². The summed E-state index contributed by atoms with van der Waals surface area (Å²) < 4.78 is 4.80. The van der Waals surface area contributed by atoms with Crippen molar-refractivity contribution in [3.05, 3.63) is 48.0 Å². The lowest BCUT2D eigenvalue weighted by Gasteiger charge is -2.22. The first kappa shape index (κ1) is 12.9. The van der Waals surface area contributed by atoms with Gasteiger partial charge in [-0.3, -0.25) is 9.59 Å². The van der Waals surface area contributed by atoms with Crippen LogP contribution >= 0.6 is 0 Å². The first-order valence-corrected chi connectivity index (χ1v) is 6.81. The van der Waals surface area contributed by atoms with Crippen LogP contribution in [0.5, 0.6) is 0 Å². The van der Waals surface area contributed by atoms with Gasteiger partial charge < -0.3 is 9.64 Å². The lowest BCUT2D eigenvalue weighted by Crippen LogP contribution is -2.33. The number of fused-ring (bicyclic) bond motifs is 1. The molecule has 20 heavy (non-hydrogen) atoms. The number of methoxy groups -OCH3 is 1. The number of benzene rings is 1. The van der Waals surface area contributed by atoms with Crippen molar-refractivity contribution in [1.29, 1.82) is 0 Å². The predicted octanol–water partition coefficient (Wildman–Crippen LogP) is 1.76. The number of esters is 1. The van der Waals surface area contributed by atoms with Crippen LogP contribution in [0.15, 0.2) is 42.5 Å². The summed E-state index contributed by atoms with van der Waals surface area (Å²) >= 11 is 0. The number of likely N-dealkylation sites (tertiary alicyclic amines) is 1. The lowest BCUT2D eigenvalue weighted by molar-refractivity contribution is -0.151. The van der Waals surface area contributed by atoms with Crippen LogP contribution in [0.1, 0.15) is 12.0 Å². The summed E-state index contributed by atoms with van der Waals surface area (Å²) in [5.74, 6) is -1.15. The van der Waals surface area contributed by atoms with Gasteiger partial charge in [0, 0.05) is 12.5 Å². The molecule has 3 rings (SSSR count). The van der Waals surface area contributed by atoms with Gasteiger partial charge in [0.25, 0.3) is 0 Å². The second-order valence-electron chi connectivity index (χ2n) is 5.27. The molecule has 1 aliphatic heterocycles. The standard InChI is InChI=1S/C16H17NO3/c1-20-16(19)14-12-8-5-9-13(12)17(15(14)18)10-11-6-3-2-4-7-11/h2-7,9,12-14H,8,10H2,1H3/t12-,13+,14?/m1/s1. The zero-order valence-electron chi connectivity index (χ0n) is 11.4. The van der Waals surface area contributed by atoms with E-state index in [1.54, 1.807) is 4.90 Å². The van der Waals surface area contributed by atoms with Crippen LogP contribution in [0.4, 0.5) is 0 Å². The normalized spacial score (nSPS) is 27.8. The molecule has 0 radical (unpaired) electrons. The summed E-state index contributed by atoms with van der Waals surface area (Å²) in [5.41, 5.74) is 1.07. The molecule has 0 aromatic heterocycles. The Morgan fingerprint density at radius 3 is 2.80 bits per heavy atom. The molecule has 0 N–H and O–H groups in total. The number of carbonyl (C=O) groups excluding carboxylic acids is 2. The fraction of sp³-hybridized carbons (Fsp3) is 0.375. The molecule has 1 aromatic carbocycles. The van der Waals surface area contributed by atoms with Crippen molar-refractivity contribution in [3.8, 4) is 0 Å². The van der Waals surface area contributed by atoms with Crippen molar-refractivity contribution in [3.63, 3.8) is 0 Å². The second kappa shape index (κ2) is 5.12. The molecule has 4 heteroatoms. The monoisotopic (exact) mass is 271 g/mol. The van der Waals surface area contributed by atoms with E-state index in [1.165, 1.54) is 7.11 Å². The molecule has 0 bridgehead atoms. The SMILES string of the molecule is COC(=O)C1C(=O)N(Cc2ccccc2)[C@H]2C=CC[C@@H]12. The highest BCUT2D eigenvalue weighted by Crippen LogP contribution is 2.39. The van der Waals surface area contributed by atoms with Gasteiger partial charge in [-0.2, -0.15) is 0 Å². The Morgan fingerprint density at radius 2 is 2.10 bits per heavy atom. The maximum absolute atomic E-state index is 12.5. The number of ether oxygens (including phenoxy) is 1.